The van der Waals surface area contributed by atoms with Crippen LogP contribution in [0.15, 0.2) is 140 Å². The first-order valence-electron chi connectivity index (χ1n) is 27.8. The van der Waals surface area contributed by atoms with Gasteiger partial charge in [-0.2, -0.15) is 0 Å². The number of hydrogen-bond donors (Lipinski definition) is 0. The average molecular weight is 996 g/mol. The highest BCUT2D eigenvalue weighted by Crippen LogP contribution is 2.55. The number of hydrogen-bond acceptors (Lipinski definition) is 3. The van der Waals surface area contributed by atoms with E-state index in [4.69, 9.17) is 0 Å². The molecule has 0 amide bonds. The Bertz CT molecular complexity index is 4110. The van der Waals surface area contributed by atoms with Crippen LogP contribution >= 0.6 is 11.3 Å². The van der Waals surface area contributed by atoms with E-state index in [1.807, 2.05) is 11.3 Å². The van der Waals surface area contributed by atoms with E-state index < -0.39 is 0 Å². The molecule has 4 heterocycles. The first-order chi connectivity index (χ1) is 35.6. The van der Waals surface area contributed by atoms with Crippen molar-refractivity contribution in [1.29, 1.82) is 0 Å². The fraction of sp³-hybridized carbons (Fsp3) is 0.314. The van der Waals surface area contributed by atoms with Crippen molar-refractivity contribution >= 4 is 111 Å². The van der Waals surface area contributed by atoms with Crippen LogP contribution in [0.4, 0.5) is 34.1 Å². The zero-order valence-corrected chi connectivity index (χ0v) is 47.3. The van der Waals surface area contributed by atoms with Gasteiger partial charge in [-0.25, -0.2) is 0 Å². The molecule has 8 aromatic carbocycles. The second-order valence-corrected chi connectivity index (χ2v) is 27.8. The summed E-state index contributed by atoms with van der Waals surface area (Å²) in [4.78, 5) is 5.44. The van der Waals surface area contributed by atoms with Crippen LogP contribution in [0.25, 0.3) is 47.7 Å². The van der Waals surface area contributed by atoms with E-state index in [0.717, 1.165) is 0 Å². The molecule has 0 bridgehead atoms. The Hall–Kier alpha value is -6.56. The third kappa shape index (κ3) is 6.65. The van der Waals surface area contributed by atoms with Crippen molar-refractivity contribution in [3.05, 3.63) is 178 Å². The Balaban J connectivity index is 1.12. The minimum atomic E-state index is -0.183. The van der Waals surface area contributed by atoms with Crippen LogP contribution in [0.1, 0.15) is 141 Å². The monoisotopic (exact) mass is 996 g/mol. The van der Waals surface area contributed by atoms with Gasteiger partial charge in [-0.05, 0) is 183 Å². The van der Waals surface area contributed by atoms with E-state index in [-0.39, 0.29) is 33.8 Å². The van der Waals surface area contributed by atoms with Gasteiger partial charge in [0.15, 0.2) is 0 Å². The largest absolute Gasteiger partial charge is 0.311 e. The third-order valence-electron chi connectivity index (χ3n) is 18.9. The van der Waals surface area contributed by atoms with Crippen molar-refractivity contribution in [1.82, 2.24) is 4.57 Å². The zero-order valence-electron chi connectivity index (χ0n) is 46.4. The number of thiophene rings is 1. The molecular formula is C70H70BN3S. The molecule has 374 valence electrons. The van der Waals surface area contributed by atoms with Gasteiger partial charge < -0.3 is 14.4 Å². The number of fused-ring (bicyclic) bond motifs is 12. The Labute approximate surface area is 449 Å². The molecule has 0 saturated carbocycles. The molecule has 0 fully saturated rings. The maximum absolute atomic E-state index is 2.72. The molecule has 3 nitrogen and oxygen atoms in total. The lowest BCUT2D eigenvalue weighted by Gasteiger charge is -2.48. The van der Waals surface area contributed by atoms with Crippen LogP contribution in [-0.4, -0.2) is 11.3 Å². The van der Waals surface area contributed by atoms with Gasteiger partial charge in [0.05, 0.1) is 16.7 Å². The Kier molecular flexibility index (Phi) is 9.72. The van der Waals surface area contributed by atoms with Gasteiger partial charge in [-0.15, -0.1) is 11.3 Å². The van der Waals surface area contributed by atoms with Crippen LogP contribution in [0.5, 0.6) is 0 Å². The maximum atomic E-state index is 2.72. The SMILES string of the molecule is Cc1cc2c3c(c1)N(c1ccc4c(sc5ccccc54)c1C(C)(C)C)c1cc(-n4c5ccccc5c5cccc(C)c54)ccc1B3c1cc3c(cc1N2c1ccc2c(c1)C(C)(C)CCC2(C)C)C(C)(C)CCC3(C)C. The third-order valence-corrected chi connectivity index (χ3v) is 20.1. The number of rotatable bonds is 3. The number of aromatic nitrogens is 1. The Morgan fingerprint density at radius 1 is 0.467 bits per heavy atom. The second kappa shape index (κ2) is 15.5. The van der Waals surface area contributed by atoms with E-state index >= 15 is 0 Å². The summed E-state index contributed by atoms with van der Waals surface area (Å²) in [5.41, 5.74) is 25.5. The molecule has 0 N–H and O–H groups in total. The topological polar surface area (TPSA) is 11.4 Å². The fourth-order valence-electron chi connectivity index (χ4n) is 14.7. The minimum absolute atomic E-state index is 0.00711. The van der Waals surface area contributed by atoms with Crippen LogP contribution in [-0.2, 0) is 27.1 Å². The van der Waals surface area contributed by atoms with Gasteiger partial charge >= 0.3 is 0 Å². The summed E-state index contributed by atoms with van der Waals surface area (Å²) in [6, 6.07) is 55.2. The first-order valence-corrected chi connectivity index (χ1v) is 28.6. The summed E-state index contributed by atoms with van der Waals surface area (Å²) >= 11 is 1.96. The van der Waals surface area contributed by atoms with E-state index in [1.54, 1.807) is 0 Å². The highest BCUT2D eigenvalue weighted by atomic mass is 32.1. The van der Waals surface area contributed by atoms with E-state index in [0.29, 0.717) is 0 Å². The predicted molar refractivity (Wildman–Crippen MR) is 326 cm³/mol. The van der Waals surface area contributed by atoms with Gasteiger partial charge in [0.2, 0.25) is 0 Å². The molecule has 0 unspecified atom stereocenters. The zero-order chi connectivity index (χ0) is 52.0. The minimum Gasteiger partial charge on any atom is -0.311 e. The van der Waals surface area contributed by atoms with Gasteiger partial charge in [0.25, 0.3) is 6.71 Å². The average Bonchev–Trinajstić information content (AvgIpc) is 3.93. The van der Waals surface area contributed by atoms with Gasteiger partial charge in [-0.1, -0.05) is 155 Å². The number of benzene rings is 8. The van der Waals surface area contributed by atoms with Crippen LogP contribution in [0, 0.1) is 13.8 Å². The smallest absolute Gasteiger partial charge is 0.252 e. The molecule has 2 aliphatic heterocycles. The lowest BCUT2D eigenvalue weighted by Crippen LogP contribution is -2.62. The summed E-state index contributed by atoms with van der Waals surface area (Å²) in [6.45, 7) is 31.7. The maximum Gasteiger partial charge on any atom is 0.252 e. The molecule has 0 atom stereocenters. The summed E-state index contributed by atoms with van der Waals surface area (Å²) in [5, 5.41) is 5.26. The molecule has 0 spiro atoms. The molecule has 2 aromatic heterocycles. The summed E-state index contributed by atoms with van der Waals surface area (Å²) in [7, 11) is 0. The quantitative estimate of drug-likeness (QED) is 0.163. The summed E-state index contributed by atoms with van der Waals surface area (Å²) in [6.07, 6.45) is 4.70. The normalized spacial score (nSPS) is 17.8. The Morgan fingerprint density at radius 3 is 1.79 bits per heavy atom. The van der Waals surface area contributed by atoms with E-state index in [1.165, 1.54) is 163 Å². The Morgan fingerprint density at radius 2 is 1.07 bits per heavy atom. The van der Waals surface area contributed by atoms with Crippen LogP contribution in [0.3, 0.4) is 0 Å². The molecule has 10 aromatic rings. The van der Waals surface area contributed by atoms with Crippen LogP contribution < -0.4 is 26.2 Å². The lowest BCUT2D eigenvalue weighted by molar-refractivity contribution is 0.332. The summed E-state index contributed by atoms with van der Waals surface area (Å²) < 4.78 is 5.26. The van der Waals surface area contributed by atoms with E-state index in [2.05, 4.69) is 244 Å². The molecule has 75 heavy (non-hydrogen) atoms. The van der Waals surface area contributed by atoms with Crippen molar-refractivity contribution in [3.8, 4) is 5.69 Å². The molecule has 0 saturated heterocycles. The van der Waals surface area contributed by atoms with Crippen molar-refractivity contribution in [3.63, 3.8) is 0 Å². The number of aryl methyl sites for hydroxylation is 2. The van der Waals surface area contributed by atoms with Crippen molar-refractivity contribution in [2.75, 3.05) is 9.80 Å². The van der Waals surface area contributed by atoms with E-state index in [9.17, 15) is 0 Å². The standard InChI is InChI=1S/C70H70BN3S/c1-41-35-59-63-60(36-41)74(56-30-27-48-46-21-15-17-24-61(46)75-65(48)62(56)66(3,4)5)57-38-44(73-55-23-16-14-20-45(55)47-22-18-19-42(2)64(47)73)26-29-53(57)71(63)54-39-51-52(70(12,13)34-33-69(51,10)11)40-58(54)72(59)43-25-28-49-50(37-43)68(8,9)32-31-67(49,6)7/h14-30,35-40H,31-34H2,1-13H3. The summed E-state index contributed by atoms with van der Waals surface area (Å²) in [5.74, 6) is 0. The highest BCUT2D eigenvalue weighted by Gasteiger charge is 2.48. The fourth-order valence-corrected chi connectivity index (χ4v) is 16.2. The lowest BCUT2D eigenvalue weighted by atomic mass is 9.33. The molecule has 14 rings (SSSR count). The van der Waals surface area contributed by atoms with Gasteiger partial charge in [0, 0.05) is 65.1 Å². The predicted octanol–water partition coefficient (Wildman–Crippen LogP) is 17.8. The molecule has 4 aliphatic rings. The van der Waals surface area contributed by atoms with Crippen LogP contribution in [0.2, 0.25) is 0 Å². The van der Waals surface area contributed by atoms with Crippen molar-refractivity contribution < 1.29 is 0 Å². The number of para-hydroxylation sites is 2. The second-order valence-electron chi connectivity index (χ2n) is 26.8. The molecule has 0 radical (unpaired) electrons. The molecular weight excluding hydrogens is 926 g/mol. The molecule has 2 aliphatic carbocycles. The highest BCUT2D eigenvalue weighted by molar-refractivity contribution is 7.26. The van der Waals surface area contributed by atoms with Crippen molar-refractivity contribution in [2.24, 2.45) is 0 Å². The number of nitrogens with zero attached hydrogens (tertiary/aromatic N) is 3. The van der Waals surface area contributed by atoms with Gasteiger partial charge in [0.1, 0.15) is 0 Å². The number of anilines is 6. The first kappa shape index (κ1) is 46.9. The molecule has 5 heteroatoms. The van der Waals surface area contributed by atoms with Crippen molar-refractivity contribution in [2.45, 2.75) is 143 Å². The van der Waals surface area contributed by atoms with Gasteiger partial charge in [-0.3, -0.25) is 0 Å².